The molecule has 0 spiro atoms. The SMILES string of the molecule is COC(=O)CN(c1ccccc1C1=CCCC1)S(=O)(=O)c1ccc(C)cc1. The summed E-state index contributed by atoms with van der Waals surface area (Å²) in [5.74, 6) is -0.610. The first-order valence-electron chi connectivity index (χ1n) is 8.88. The molecule has 3 rings (SSSR count). The number of allylic oxidation sites excluding steroid dienone is 2. The van der Waals surface area contributed by atoms with Crippen molar-refractivity contribution in [3.63, 3.8) is 0 Å². The van der Waals surface area contributed by atoms with Gasteiger partial charge in [0.2, 0.25) is 0 Å². The molecule has 0 radical (unpaired) electrons. The summed E-state index contributed by atoms with van der Waals surface area (Å²) in [4.78, 5) is 12.2. The maximum Gasteiger partial charge on any atom is 0.326 e. The monoisotopic (exact) mass is 385 g/mol. The van der Waals surface area contributed by atoms with E-state index in [4.69, 9.17) is 4.74 Å². The number of hydrogen-bond donors (Lipinski definition) is 0. The number of benzene rings is 2. The van der Waals surface area contributed by atoms with E-state index < -0.39 is 16.0 Å². The summed E-state index contributed by atoms with van der Waals surface area (Å²) >= 11 is 0. The predicted octanol–water partition coefficient (Wildman–Crippen LogP) is 3.93. The van der Waals surface area contributed by atoms with Crippen molar-refractivity contribution in [3.05, 3.63) is 65.7 Å². The first-order chi connectivity index (χ1) is 12.9. The normalized spacial score (nSPS) is 13.9. The van der Waals surface area contributed by atoms with Crippen molar-refractivity contribution in [1.29, 1.82) is 0 Å². The number of aryl methyl sites for hydroxylation is 1. The third kappa shape index (κ3) is 4.06. The predicted molar refractivity (Wildman–Crippen MR) is 106 cm³/mol. The van der Waals surface area contributed by atoms with E-state index in [1.807, 2.05) is 19.1 Å². The van der Waals surface area contributed by atoms with Gasteiger partial charge in [-0.2, -0.15) is 0 Å². The summed E-state index contributed by atoms with van der Waals surface area (Å²) in [6.07, 6.45) is 5.05. The van der Waals surface area contributed by atoms with Gasteiger partial charge in [0.25, 0.3) is 10.0 Å². The molecule has 0 amide bonds. The van der Waals surface area contributed by atoms with Gasteiger partial charge in [-0.05, 0) is 50.0 Å². The summed E-state index contributed by atoms with van der Waals surface area (Å²) in [5.41, 5.74) is 3.41. The highest BCUT2D eigenvalue weighted by molar-refractivity contribution is 7.92. The van der Waals surface area contributed by atoms with Crippen LogP contribution in [0.5, 0.6) is 0 Å². The number of rotatable bonds is 6. The van der Waals surface area contributed by atoms with E-state index in [2.05, 4.69) is 6.08 Å². The van der Waals surface area contributed by atoms with Gasteiger partial charge in [-0.1, -0.05) is 42.0 Å². The van der Waals surface area contributed by atoms with Crippen LogP contribution < -0.4 is 4.31 Å². The molecule has 5 nitrogen and oxygen atoms in total. The lowest BCUT2D eigenvalue weighted by atomic mass is 10.0. The number of methoxy groups -OCH3 is 1. The van der Waals surface area contributed by atoms with Crippen LogP contribution in [0.2, 0.25) is 0 Å². The fraction of sp³-hybridized carbons (Fsp3) is 0.286. The minimum atomic E-state index is -3.92. The molecule has 0 fully saturated rings. The second kappa shape index (κ2) is 7.96. The van der Waals surface area contributed by atoms with Gasteiger partial charge in [0, 0.05) is 5.56 Å². The van der Waals surface area contributed by atoms with Crippen molar-refractivity contribution >= 4 is 27.3 Å². The summed E-state index contributed by atoms with van der Waals surface area (Å²) in [7, 11) is -2.67. The Kier molecular flexibility index (Phi) is 5.65. The van der Waals surface area contributed by atoms with E-state index in [1.54, 1.807) is 36.4 Å². The number of nitrogens with zero attached hydrogens (tertiary/aromatic N) is 1. The molecular weight excluding hydrogens is 362 g/mol. The van der Waals surface area contributed by atoms with Gasteiger partial charge in [-0.25, -0.2) is 8.42 Å². The molecule has 1 aliphatic rings. The average Bonchev–Trinajstić information content (AvgIpc) is 3.20. The molecule has 0 saturated heterocycles. The minimum Gasteiger partial charge on any atom is -0.468 e. The molecule has 27 heavy (non-hydrogen) atoms. The van der Waals surface area contributed by atoms with Crippen molar-refractivity contribution in [2.45, 2.75) is 31.1 Å². The molecule has 0 aromatic heterocycles. The molecular formula is C21H23NO4S. The molecule has 2 aromatic carbocycles. The second-order valence-corrected chi connectivity index (χ2v) is 8.40. The first kappa shape index (κ1) is 19.2. The van der Waals surface area contributed by atoms with Crippen LogP contribution in [-0.2, 0) is 19.6 Å². The van der Waals surface area contributed by atoms with Crippen molar-refractivity contribution in [2.75, 3.05) is 18.0 Å². The molecule has 0 N–H and O–H groups in total. The lowest BCUT2D eigenvalue weighted by molar-refractivity contribution is -0.138. The maximum absolute atomic E-state index is 13.4. The molecule has 0 heterocycles. The van der Waals surface area contributed by atoms with E-state index in [-0.39, 0.29) is 11.4 Å². The minimum absolute atomic E-state index is 0.146. The molecule has 142 valence electrons. The van der Waals surface area contributed by atoms with Crippen LogP contribution in [0.15, 0.2) is 59.5 Å². The van der Waals surface area contributed by atoms with Gasteiger partial charge in [0.05, 0.1) is 17.7 Å². The van der Waals surface area contributed by atoms with Crippen LogP contribution >= 0.6 is 0 Å². The van der Waals surface area contributed by atoms with Crippen LogP contribution in [0.3, 0.4) is 0 Å². The van der Waals surface area contributed by atoms with Crippen LogP contribution in [0, 0.1) is 6.92 Å². The molecule has 0 aliphatic heterocycles. The quantitative estimate of drug-likeness (QED) is 0.707. The average molecular weight is 385 g/mol. The molecule has 0 atom stereocenters. The van der Waals surface area contributed by atoms with Gasteiger partial charge in [0.15, 0.2) is 0 Å². The van der Waals surface area contributed by atoms with Gasteiger partial charge >= 0.3 is 5.97 Å². The highest BCUT2D eigenvalue weighted by Gasteiger charge is 2.30. The topological polar surface area (TPSA) is 63.7 Å². The highest BCUT2D eigenvalue weighted by Crippen LogP contribution is 2.36. The van der Waals surface area contributed by atoms with E-state index in [0.717, 1.165) is 40.3 Å². The zero-order valence-electron chi connectivity index (χ0n) is 15.5. The molecule has 0 bridgehead atoms. The number of ether oxygens (including phenoxy) is 1. The number of sulfonamides is 1. The Bertz CT molecular complexity index is 962. The largest absolute Gasteiger partial charge is 0.468 e. The molecule has 1 aliphatic carbocycles. The van der Waals surface area contributed by atoms with E-state index in [9.17, 15) is 13.2 Å². The first-order valence-corrected chi connectivity index (χ1v) is 10.3. The third-order valence-electron chi connectivity index (χ3n) is 4.67. The number of carbonyl (C=O) groups excluding carboxylic acids is 1. The Labute approximate surface area is 160 Å². The standard InChI is InChI=1S/C21H23NO4S/c1-16-11-13-18(14-12-16)27(24,25)22(15-21(23)26-2)20-10-6-5-9-19(20)17-7-3-4-8-17/h5-7,9-14H,3-4,8,15H2,1-2H3. The Hall–Kier alpha value is -2.60. The van der Waals surface area contributed by atoms with Crippen LogP contribution in [0.4, 0.5) is 5.69 Å². The second-order valence-electron chi connectivity index (χ2n) is 6.54. The Morgan fingerprint density at radius 3 is 2.44 bits per heavy atom. The molecule has 2 aromatic rings. The Morgan fingerprint density at radius 1 is 1.11 bits per heavy atom. The smallest absolute Gasteiger partial charge is 0.326 e. The summed E-state index contributed by atoms with van der Waals surface area (Å²) in [6, 6.07) is 13.9. The number of anilines is 1. The zero-order valence-corrected chi connectivity index (χ0v) is 16.3. The Morgan fingerprint density at radius 2 is 1.81 bits per heavy atom. The van der Waals surface area contributed by atoms with Crippen molar-refractivity contribution in [2.24, 2.45) is 0 Å². The van der Waals surface area contributed by atoms with E-state index >= 15 is 0 Å². The molecule has 0 saturated carbocycles. The lowest BCUT2D eigenvalue weighted by Crippen LogP contribution is -2.37. The lowest BCUT2D eigenvalue weighted by Gasteiger charge is -2.26. The van der Waals surface area contributed by atoms with Crippen molar-refractivity contribution < 1.29 is 17.9 Å². The van der Waals surface area contributed by atoms with Gasteiger partial charge in [-0.3, -0.25) is 9.10 Å². The van der Waals surface area contributed by atoms with Crippen molar-refractivity contribution in [3.8, 4) is 0 Å². The van der Waals surface area contributed by atoms with Gasteiger partial charge in [0.1, 0.15) is 6.54 Å². The number of esters is 1. The molecule has 0 unspecified atom stereocenters. The van der Waals surface area contributed by atoms with Gasteiger partial charge < -0.3 is 4.74 Å². The zero-order chi connectivity index (χ0) is 19.4. The maximum atomic E-state index is 13.4. The van der Waals surface area contributed by atoms with Crippen LogP contribution in [-0.4, -0.2) is 28.0 Å². The highest BCUT2D eigenvalue weighted by atomic mass is 32.2. The number of para-hydroxylation sites is 1. The summed E-state index contributed by atoms with van der Waals surface area (Å²) < 4.78 is 32.6. The van der Waals surface area contributed by atoms with E-state index in [0.29, 0.717) is 5.69 Å². The fourth-order valence-corrected chi connectivity index (χ4v) is 4.63. The van der Waals surface area contributed by atoms with Crippen LogP contribution in [0.1, 0.15) is 30.4 Å². The van der Waals surface area contributed by atoms with E-state index in [1.165, 1.54) is 7.11 Å². The molecule has 6 heteroatoms. The number of carbonyl (C=O) groups is 1. The number of hydrogen-bond acceptors (Lipinski definition) is 4. The fourth-order valence-electron chi connectivity index (χ4n) is 3.20. The third-order valence-corrected chi connectivity index (χ3v) is 6.44. The van der Waals surface area contributed by atoms with Crippen LogP contribution in [0.25, 0.3) is 5.57 Å². The van der Waals surface area contributed by atoms with Crippen molar-refractivity contribution in [1.82, 2.24) is 0 Å². The summed E-state index contributed by atoms with van der Waals surface area (Å²) in [6.45, 7) is 1.52. The Balaban J connectivity index is 2.12. The summed E-state index contributed by atoms with van der Waals surface area (Å²) in [5, 5.41) is 0. The van der Waals surface area contributed by atoms with Gasteiger partial charge in [-0.15, -0.1) is 0 Å².